The van der Waals surface area contributed by atoms with Gasteiger partial charge in [-0.15, -0.1) is 0 Å². The van der Waals surface area contributed by atoms with Gasteiger partial charge >= 0.3 is 0 Å². The first-order valence-corrected chi connectivity index (χ1v) is 8.65. The Morgan fingerprint density at radius 3 is 2.72 bits per heavy atom. The highest BCUT2D eigenvalue weighted by Gasteiger charge is 2.16. The second kappa shape index (κ2) is 7.70. The van der Waals surface area contributed by atoms with E-state index in [9.17, 15) is 9.18 Å². The molecule has 1 amide bonds. The third-order valence-electron chi connectivity index (χ3n) is 3.76. The molecule has 0 radical (unpaired) electrons. The third-order valence-corrected chi connectivity index (χ3v) is 4.25. The molecule has 0 aliphatic carbocycles. The third kappa shape index (κ3) is 4.39. The molecule has 0 atom stereocenters. The van der Waals surface area contributed by atoms with Crippen molar-refractivity contribution in [3.8, 4) is 5.75 Å². The molecule has 25 heavy (non-hydrogen) atoms. The molecular formula is C19H17BrFNO3. The highest BCUT2D eigenvalue weighted by atomic mass is 79.9. The predicted molar refractivity (Wildman–Crippen MR) is 97.4 cm³/mol. The van der Waals surface area contributed by atoms with Crippen LogP contribution in [-0.2, 0) is 0 Å². The first-order chi connectivity index (χ1) is 12.0. The van der Waals surface area contributed by atoms with Crippen molar-refractivity contribution in [1.29, 1.82) is 0 Å². The topological polar surface area (TPSA) is 42.7 Å². The van der Waals surface area contributed by atoms with Crippen LogP contribution in [0.25, 0.3) is 11.0 Å². The molecule has 3 aromatic rings. The second-order valence-corrected chi connectivity index (χ2v) is 6.59. The molecule has 3 rings (SSSR count). The van der Waals surface area contributed by atoms with E-state index < -0.39 is 0 Å². The first kappa shape index (κ1) is 17.5. The summed E-state index contributed by atoms with van der Waals surface area (Å²) in [6.07, 6.45) is 0.658. The number of carbonyl (C=O) groups is 1. The number of ether oxygens (including phenoxy) is 1. The summed E-state index contributed by atoms with van der Waals surface area (Å²) in [6.45, 7) is 0.969. The lowest BCUT2D eigenvalue weighted by Crippen LogP contribution is -2.28. The van der Waals surface area contributed by atoms with E-state index in [1.807, 2.05) is 18.2 Å². The Bertz CT molecular complexity index is 876. The summed E-state index contributed by atoms with van der Waals surface area (Å²) in [5.41, 5.74) is 0.680. The van der Waals surface area contributed by atoms with E-state index in [4.69, 9.17) is 9.15 Å². The van der Waals surface area contributed by atoms with Crippen molar-refractivity contribution < 1.29 is 18.3 Å². The SMILES string of the molecule is CN(CCCOc1ccc(F)cc1)C(=O)c1cc2cc(Br)ccc2o1. The minimum Gasteiger partial charge on any atom is -0.494 e. The van der Waals surface area contributed by atoms with Gasteiger partial charge < -0.3 is 14.1 Å². The van der Waals surface area contributed by atoms with E-state index in [1.54, 1.807) is 30.1 Å². The molecule has 0 saturated heterocycles. The number of furan rings is 1. The summed E-state index contributed by atoms with van der Waals surface area (Å²) in [7, 11) is 1.73. The standard InChI is InChI=1S/C19H17BrFNO3/c1-22(9-2-10-24-16-6-4-15(21)5-7-16)19(23)18-12-13-11-14(20)3-8-17(13)25-18/h3-8,11-12H,2,9-10H2,1H3. The lowest BCUT2D eigenvalue weighted by atomic mass is 10.2. The molecule has 2 aromatic carbocycles. The number of halogens is 2. The molecule has 0 aliphatic heterocycles. The fourth-order valence-corrected chi connectivity index (χ4v) is 2.81. The Hall–Kier alpha value is -2.34. The Morgan fingerprint density at radius 1 is 1.20 bits per heavy atom. The molecule has 0 fully saturated rings. The van der Waals surface area contributed by atoms with Gasteiger partial charge in [0.2, 0.25) is 0 Å². The van der Waals surface area contributed by atoms with Crippen molar-refractivity contribution in [3.63, 3.8) is 0 Å². The lowest BCUT2D eigenvalue weighted by Gasteiger charge is -2.15. The molecule has 0 N–H and O–H groups in total. The zero-order chi connectivity index (χ0) is 17.8. The molecule has 0 unspecified atom stereocenters. The number of fused-ring (bicyclic) bond motifs is 1. The van der Waals surface area contributed by atoms with Gasteiger partial charge in [-0.1, -0.05) is 15.9 Å². The molecule has 1 heterocycles. The summed E-state index contributed by atoms with van der Waals surface area (Å²) in [6, 6.07) is 13.2. The highest BCUT2D eigenvalue weighted by Crippen LogP contribution is 2.24. The number of hydrogen-bond acceptors (Lipinski definition) is 3. The average molecular weight is 406 g/mol. The van der Waals surface area contributed by atoms with Crippen molar-refractivity contribution >= 4 is 32.8 Å². The summed E-state index contributed by atoms with van der Waals surface area (Å²) in [5, 5.41) is 0.880. The monoisotopic (exact) mass is 405 g/mol. The summed E-state index contributed by atoms with van der Waals surface area (Å²) < 4.78 is 24.9. The van der Waals surface area contributed by atoms with Gasteiger partial charge in [-0.05, 0) is 55.0 Å². The highest BCUT2D eigenvalue weighted by molar-refractivity contribution is 9.10. The van der Waals surface area contributed by atoms with Crippen LogP contribution in [0.4, 0.5) is 4.39 Å². The summed E-state index contributed by atoms with van der Waals surface area (Å²) in [5.74, 6) is 0.456. The van der Waals surface area contributed by atoms with Gasteiger partial charge in [0.05, 0.1) is 6.61 Å². The molecule has 0 spiro atoms. The van der Waals surface area contributed by atoms with Crippen molar-refractivity contribution in [2.45, 2.75) is 6.42 Å². The minimum atomic E-state index is -0.296. The zero-order valence-electron chi connectivity index (χ0n) is 13.7. The van der Waals surface area contributed by atoms with Crippen LogP contribution < -0.4 is 4.74 Å². The Kier molecular flexibility index (Phi) is 5.38. The van der Waals surface area contributed by atoms with Gasteiger partial charge in [-0.25, -0.2) is 4.39 Å². The van der Waals surface area contributed by atoms with Crippen LogP contribution in [0.15, 0.2) is 57.4 Å². The number of rotatable bonds is 6. The fourth-order valence-electron chi connectivity index (χ4n) is 2.43. The van der Waals surface area contributed by atoms with E-state index in [0.29, 0.717) is 36.7 Å². The van der Waals surface area contributed by atoms with Crippen LogP contribution in [0.2, 0.25) is 0 Å². The first-order valence-electron chi connectivity index (χ1n) is 7.86. The molecule has 1 aromatic heterocycles. The normalized spacial score (nSPS) is 10.8. The van der Waals surface area contributed by atoms with E-state index in [1.165, 1.54) is 12.1 Å². The molecule has 0 aliphatic rings. The summed E-state index contributed by atoms with van der Waals surface area (Å²) in [4.78, 5) is 14.0. The maximum absolute atomic E-state index is 12.8. The van der Waals surface area contributed by atoms with Gasteiger partial charge in [-0.2, -0.15) is 0 Å². The number of benzene rings is 2. The molecule has 6 heteroatoms. The largest absolute Gasteiger partial charge is 0.494 e. The van der Waals surface area contributed by atoms with E-state index in [0.717, 1.165) is 9.86 Å². The average Bonchev–Trinajstić information content (AvgIpc) is 3.02. The van der Waals surface area contributed by atoms with Gasteiger partial charge in [0, 0.05) is 23.5 Å². The fraction of sp³-hybridized carbons (Fsp3) is 0.211. The Morgan fingerprint density at radius 2 is 1.96 bits per heavy atom. The van der Waals surface area contributed by atoms with Crippen LogP contribution in [0.5, 0.6) is 5.75 Å². The van der Waals surface area contributed by atoms with Crippen LogP contribution in [0, 0.1) is 5.82 Å². The maximum Gasteiger partial charge on any atom is 0.289 e. The van der Waals surface area contributed by atoms with Crippen LogP contribution in [-0.4, -0.2) is 31.0 Å². The van der Waals surface area contributed by atoms with E-state index in [-0.39, 0.29) is 11.7 Å². The predicted octanol–water partition coefficient (Wildman–Crippen LogP) is 4.88. The van der Waals surface area contributed by atoms with Crippen LogP contribution in [0.1, 0.15) is 17.0 Å². The van der Waals surface area contributed by atoms with Gasteiger partial charge in [-0.3, -0.25) is 4.79 Å². The number of nitrogens with zero attached hydrogens (tertiary/aromatic N) is 1. The van der Waals surface area contributed by atoms with Crippen molar-refractivity contribution in [2.24, 2.45) is 0 Å². The van der Waals surface area contributed by atoms with Gasteiger partial charge in [0.15, 0.2) is 5.76 Å². The van der Waals surface area contributed by atoms with Gasteiger partial charge in [0.25, 0.3) is 5.91 Å². The van der Waals surface area contributed by atoms with Crippen molar-refractivity contribution in [1.82, 2.24) is 4.90 Å². The van der Waals surface area contributed by atoms with Crippen molar-refractivity contribution in [3.05, 3.63) is 64.6 Å². The summed E-state index contributed by atoms with van der Waals surface area (Å²) >= 11 is 3.40. The molecule has 4 nitrogen and oxygen atoms in total. The lowest BCUT2D eigenvalue weighted by molar-refractivity contribution is 0.0759. The van der Waals surface area contributed by atoms with Gasteiger partial charge in [0.1, 0.15) is 17.1 Å². The molecule has 0 bridgehead atoms. The van der Waals surface area contributed by atoms with Crippen LogP contribution >= 0.6 is 15.9 Å². The molecular weight excluding hydrogens is 389 g/mol. The van der Waals surface area contributed by atoms with E-state index >= 15 is 0 Å². The maximum atomic E-state index is 12.8. The number of hydrogen-bond donors (Lipinski definition) is 0. The smallest absolute Gasteiger partial charge is 0.289 e. The molecule has 130 valence electrons. The zero-order valence-corrected chi connectivity index (χ0v) is 15.3. The number of amides is 1. The Labute approximate surface area is 153 Å². The van der Waals surface area contributed by atoms with E-state index in [2.05, 4.69) is 15.9 Å². The Balaban J connectivity index is 1.52. The second-order valence-electron chi connectivity index (χ2n) is 5.68. The van der Waals surface area contributed by atoms with Crippen LogP contribution in [0.3, 0.4) is 0 Å². The minimum absolute atomic E-state index is 0.172. The number of carbonyl (C=O) groups excluding carboxylic acids is 1. The molecule has 0 saturated carbocycles. The van der Waals surface area contributed by atoms with Crippen molar-refractivity contribution in [2.75, 3.05) is 20.2 Å². The quantitative estimate of drug-likeness (QED) is 0.549.